The molecule has 0 aliphatic carbocycles. The van der Waals surface area contributed by atoms with Gasteiger partial charge in [0.25, 0.3) is 0 Å². The van der Waals surface area contributed by atoms with Gasteiger partial charge in [-0.15, -0.1) is 0 Å². The van der Waals surface area contributed by atoms with Crippen LogP contribution in [0.2, 0.25) is 0 Å². The van der Waals surface area contributed by atoms with E-state index < -0.39 is 25.2 Å². The first-order chi connectivity index (χ1) is 12.3. The van der Waals surface area contributed by atoms with Gasteiger partial charge >= 0.3 is 11.9 Å². The van der Waals surface area contributed by atoms with Crippen molar-refractivity contribution in [3.63, 3.8) is 0 Å². The minimum absolute atomic E-state index is 0.0235. The molecule has 0 heterocycles. The summed E-state index contributed by atoms with van der Waals surface area (Å²) in [4.78, 5) is 19.3. The summed E-state index contributed by atoms with van der Waals surface area (Å²) in [7, 11) is 0. The zero-order valence-electron chi connectivity index (χ0n) is 13.6. The minimum atomic E-state index is -1.17. The summed E-state index contributed by atoms with van der Waals surface area (Å²) in [5.74, 6) is -2.07. The standard InChI is InChI=1S/C14H12O3.C4H6O5/c15-12-5-3-10(4-6-12)1-2-11-7-13(16)9-14(17)8-11;5-3(6)1-9-2-4(7)8/h1-9,15-17H;1-2H2,(H,5,6)(H,7,8). The third kappa shape index (κ3) is 8.94. The lowest BCUT2D eigenvalue weighted by molar-refractivity contribution is -0.148. The Morgan fingerprint density at radius 1 is 0.731 bits per heavy atom. The van der Waals surface area contributed by atoms with E-state index in [1.165, 1.54) is 6.07 Å². The summed E-state index contributed by atoms with van der Waals surface area (Å²) in [5.41, 5.74) is 1.63. The number of phenolic OH excluding ortho intramolecular Hbond substituents is 3. The van der Waals surface area contributed by atoms with Gasteiger partial charge in [0.1, 0.15) is 30.5 Å². The lowest BCUT2D eigenvalue weighted by Crippen LogP contribution is -2.13. The van der Waals surface area contributed by atoms with Crippen molar-refractivity contribution in [3.8, 4) is 17.2 Å². The zero-order valence-corrected chi connectivity index (χ0v) is 13.6. The molecule has 2 aromatic carbocycles. The molecule has 0 aromatic heterocycles. The Labute approximate surface area is 148 Å². The molecule has 26 heavy (non-hydrogen) atoms. The first-order valence-corrected chi connectivity index (χ1v) is 7.27. The van der Waals surface area contributed by atoms with Crippen LogP contribution in [-0.2, 0) is 14.3 Å². The topological polar surface area (TPSA) is 145 Å². The Hall–Kier alpha value is -3.52. The van der Waals surface area contributed by atoms with Crippen LogP contribution in [0.15, 0.2) is 42.5 Å². The van der Waals surface area contributed by atoms with Crippen LogP contribution in [-0.4, -0.2) is 50.7 Å². The summed E-state index contributed by atoms with van der Waals surface area (Å²) >= 11 is 0. The average Bonchev–Trinajstić information content (AvgIpc) is 2.53. The molecule has 0 saturated carbocycles. The van der Waals surface area contributed by atoms with Crippen LogP contribution < -0.4 is 0 Å². The van der Waals surface area contributed by atoms with Crippen molar-refractivity contribution in [1.29, 1.82) is 0 Å². The predicted octanol–water partition coefficient (Wildman–Crippen LogP) is 2.15. The number of carboxylic acids is 2. The fourth-order valence-corrected chi connectivity index (χ4v) is 1.72. The third-order valence-electron chi connectivity index (χ3n) is 2.74. The maximum absolute atomic E-state index is 9.66. The van der Waals surface area contributed by atoms with E-state index in [0.717, 1.165) is 5.56 Å². The molecule has 2 rings (SSSR count). The Morgan fingerprint density at radius 2 is 1.19 bits per heavy atom. The Morgan fingerprint density at radius 3 is 1.65 bits per heavy atom. The quantitative estimate of drug-likeness (QED) is 0.492. The van der Waals surface area contributed by atoms with Crippen LogP contribution in [0, 0.1) is 0 Å². The van der Waals surface area contributed by atoms with Crippen LogP contribution in [0.3, 0.4) is 0 Å². The van der Waals surface area contributed by atoms with E-state index in [2.05, 4.69) is 4.74 Å². The third-order valence-corrected chi connectivity index (χ3v) is 2.74. The van der Waals surface area contributed by atoms with Gasteiger partial charge in [-0.05, 0) is 35.4 Å². The van der Waals surface area contributed by atoms with Gasteiger partial charge in [-0.2, -0.15) is 0 Å². The first kappa shape index (κ1) is 20.5. The molecular formula is C18H18O8. The first-order valence-electron chi connectivity index (χ1n) is 7.27. The Kier molecular flexibility index (Phi) is 8.18. The van der Waals surface area contributed by atoms with E-state index in [1.54, 1.807) is 42.5 Å². The maximum Gasteiger partial charge on any atom is 0.329 e. The highest BCUT2D eigenvalue weighted by Crippen LogP contribution is 2.22. The van der Waals surface area contributed by atoms with Gasteiger partial charge in [0, 0.05) is 6.07 Å². The molecule has 0 spiro atoms. The van der Waals surface area contributed by atoms with E-state index in [4.69, 9.17) is 15.3 Å². The van der Waals surface area contributed by atoms with Crippen LogP contribution in [0.5, 0.6) is 17.2 Å². The fraction of sp³-hybridized carbons (Fsp3) is 0.111. The number of rotatable bonds is 6. The molecule has 5 N–H and O–H groups in total. The molecule has 0 amide bonds. The fourth-order valence-electron chi connectivity index (χ4n) is 1.72. The van der Waals surface area contributed by atoms with E-state index in [0.29, 0.717) is 5.56 Å². The van der Waals surface area contributed by atoms with Gasteiger partial charge in [-0.3, -0.25) is 0 Å². The summed E-state index contributed by atoms with van der Waals surface area (Å²) in [6.45, 7) is -1.13. The number of carboxylic acid groups (broad SMARTS) is 2. The second-order valence-electron chi connectivity index (χ2n) is 4.99. The number of aliphatic carboxylic acids is 2. The highest BCUT2D eigenvalue weighted by molar-refractivity contribution is 5.71. The van der Waals surface area contributed by atoms with E-state index in [-0.39, 0.29) is 17.2 Å². The van der Waals surface area contributed by atoms with Crippen molar-refractivity contribution in [1.82, 2.24) is 0 Å². The molecule has 138 valence electrons. The van der Waals surface area contributed by atoms with Crippen molar-refractivity contribution in [2.45, 2.75) is 0 Å². The Balaban J connectivity index is 0.000000321. The van der Waals surface area contributed by atoms with Gasteiger partial charge in [0.05, 0.1) is 0 Å². The van der Waals surface area contributed by atoms with Gasteiger partial charge < -0.3 is 30.3 Å². The number of hydrogen-bond donors (Lipinski definition) is 5. The van der Waals surface area contributed by atoms with Crippen molar-refractivity contribution in [2.24, 2.45) is 0 Å². The van der Waals surface area contributed by atoms with Gasteiger partial charge in [-0.25, -0.2) is 9.59 Å². The molecule has 0 atom stereocenters. The summed E-state index contributed by atoms with van der Waals surface area (Å²) in [6, 6.07) is 11.1. The summed E-state index contributed by atoms with van der Waals surface area (Å²) < 4.78 is 4.16. The van der Waals surface area contributed by atoms with Crippen LogP contribution in [0.4, 0.5) is 0 Å². The van der Waals surface area contributed by atoms with E-state index in [9.17, 15) is 19.8 Å². The summed E-state index contributed by atoms with van der Waals surface area (Å²) in [6.07, 6.45) is 3.60. The van der Waals surface area contributed by atoms with Crippen molar-refractivity contribution in [3.05, 3.63) is 53.6 Å². The van der Waals surface area contributed by atoms with Crippen molar-refractivity contribution >= 4 is 24.1 Å². The van der Waals surface area contributed by atoms with Crippen molar-refractivity contribution in [2.75, 3.05) is 13.2 Å². The molecule has 2 aromatic rings. The van der Waals surface area contributed by atoms with E-state index >= 15 is 0 Å². The van der Waals surface area contributed by atoms with Crippen LogP contribution in [0.1, 0.15) is 11.1 Å². The lowest BCUT2D eigenvalue weighted by Gasteiger charge is -1.98. The highest BCUT2D eigenvalue weighted by Gasteiger charge is 1.99. The molecule has 0 aliphatic heterocycles. The number of ether oxygens (including phenoxy) is 1. The molecule has 8 heteroatoms. The molecule has 0 fully saturated rings. The zero-order chi connectivity index (χ0) is 19.5. The van der Waals surface area contributed by atoms with Crippen molar-refractivity contribution < 1.29 is 39.9 Å². The van der Waals surface area contributed by atoms with E-state index in [1.807, 2.05) is 6.08 Å². The second kappa shape index (κ2) is 10.4. The van der Waals surface area contributed by atoms with Crippen LogP contribution in [0.25, 0.3) is 12.2 Å². The lowest BCUT2D eigenvalue weighted by atomic mass is 10.1. The molecule has 0 unspecified atom stereocenters. The molecule has 8 nitrogen and oxygen atoms in total. The normalized spacial score (nSPS) is 10.2. The average molecular weight is 362 g/mol. The number of benzene rings is 2. The largest absolute Gasteiger partial charge is 0.508 e. The number of aromatic hydroxyl groups is 3. The molecule has 0 bridgehead atoms. The molecule has 0 saturated heterocycles. The van der Waals surface area contributed by atoms with Gasteiger partial charge in [0.2, 0.25) is 0 Å². The van der Waals surface area contributed by atoms with Gasteiger partial charge in [-0.1, -0.05) is 24.3 Å². The minimum Gasteiger partial charge on any atom is -0.508 e. The number of phenols is 3. The highest BCUT2D eigenvalue weighted by atomic mass is 16.5. The molecule has 0 radical (unpaired) electrons. The molecule has 0 aliphatic rings. The summed E-state index contributed by atoms with van der Waals surface area (Å²) in [5, 5.41) is 43.5. The van der Waals surface area contributed by atoms with Crippen LogP contribution >= 0.6 is 0 Å². The smallest absolute Gasteiger partial charge is 0.329 e. The second-order valence-corrected chi connectivity index (χ2v) is 4.99. The maximum atomic E-state index is 9.66. The molecular weight excluding hydrogens is 344 g/mol. The monoisotopic (exact) mass is 362 g/mol. The van der Waals surface area contributed by atoms with Gasteiger partial charge in [0.15, 0.2) is 0 Å². The number of hydrogen-bond acceptors (Lipinski definition) is 6. The predicted molar refractivity (Wildman–Crippen MR) is 92.9 cm³/mol. The Bertz CT molecular complexity index is 731. The SMILES string of the molecule is O=C(O)COCC(=O)O.Oc1ccc(C=Cc2cc(O)cc(O)c2)cc1. The number of carbonyl (C=O) groups is 2.